The Hall–Kier alpha value is -0.990. The molecule has 0 saturated carbocycles. The van der Waals surface area contributed by atoms with Crippen LogP contribution in [0.5, 0.6) is 0 Å². The van der Waals surface area contributed by atoms with Crippen molar-refractivity contribution in [3.05, 3.63) is 35.9 Å². The van der Waals surface area contributed by atoms with Gasteiger partial charge in [0, 0.05) is 25.2 Å². The fourth-order valence-corrected chi connectivity index (χ4v) is 3.80. The van der Waals surface area contributed by atoms with Crippen LogP contribution in [-0.2, 0) is 14.9 Å². The van der Waals surface area contributed by atoms with Gasteiger partial charge in [0.25, 0.3) is 10.2 Å². The standard InChI is InChI=1S/C14H23N3O3S/c1-11-10-20-12(2)9-17(11)21(18,19)16-8-14(15)13-6-4-3-5-7-13/h3-7,11-12,14,16H,8-10,15H2,1-2H3. The van der Waals surface area contributed by atoms with Gasteiger partial charge >= 0.3 is 0 Å². The van der Waals surface area contributed by atoms with E-state index >= 15 is 0 Å². The number of morpholine rings is 1. The predicted octanol–water partition coefficient (Wildman–Crippen LogP) is 0.630. The van der Waals surface area contributed by atoms with Gasteiger partial charge in [-0.05, 0) is 19.4 Å². The number of ether oxygens (including phenoxy) is 1. The van der Waals surface area contributed by atoms with Gasteiger partial charge in [-0.15, -0.1) is 0 Å². The Balaban J connectivity index is 1.98. The molecule has 21 heavy (non-hydrogen) atoms. The van der Waals surface area contributed by atoms with E-state index in [2.05, 4.69) is 4.72 Å². The molecule has 1 fully saturated rings. The summed E-state index contributed by atoms with van der Waals surface area (Å²) in [4.78, 5) is 0. The maximum atomic E-state index is 12.4. The van der Waals surface area contributed by atoms with Crippen molar-refractivity contribution in [3.8, 4) is 0 Å². The monoisotopic (exact) mass is 313 g/mol. The highest BCUT2D eigenvalue weighted by atomic mass is 32.2. The Morgan fingerprint density at radius 1 is 1.38 bits per heavy atom. The summed E-state index contributed by atoms with van der Waals surface area (Å²) >= 11 is 0. The van der Waals surface area contributed by atoms with Crippen molar-refractivity contribution in [2.45, 2.75) is 32.0 Å². The molecule has 2 rings (SSSR count). The molecule has 0 spiro atoms. The second-order valence-electron chi connectivity index (χ2n) is 5.43. The van der Waals surface area contributed by atoms with Crippen LogP contribution in [0.1, 0.15) is 25.5 Å². The number of nitrogens with two attached hydrogens (primary N) is 1. The summed E-state index contributed by atoms with van der Waals surface area (Å²) in [5.74, 6) is 0. The van der Waals surface area contributed by atoms with E-state index in [9.17, 15) is 8.42 Å². The Labute approximate surface area is 126 Å². The number of hydrogen-bond acceptors (Lipinski definition) is 4. The van der Waals surface area contributed by atoms with Crippen molar-refractivity contribution >= 4 is 10.2 Å². The number of nitrogens with one attached hydrogen (secondary N) is 1. The van der Waals surface area contributed by atoms with E-state index in [1.165, 1.54) is 4.31 Å². The molecule has 0 aliphatic carbocycles. The number of nitrogens with zero attached hydrogens (tertiary/aromatic N) is 1. The maximum absolute atomic E-state index is 12.4. The zero-order chi connectivity index (χ0) is 15.5. The van der Waals surface area contributed by atoms with Gasteiger partial charge in [0.2, 0.25) is 0 Å². The molecule has 1 aliphatic heterocycles. The van der Waals surface area contributed by atoms with Gasteiger partial charge in [0.15, 0.2) is 0 Å². The van der Waals surface area contributed by atoms with Crippen LogP contribution in [0, 0.1) is 0 Å². The van der Waals surface area contributed by atoms with Crippen molar-refractivity contribution in [2.24, 2.45) is 5.73 Å². The largest absolute Gasteiger partial charge is 0.375 e. The quantitative estimate of drug-likeness (QED) is 0.835. The molecule has 6 nitrogen and oxygen atoms in total. The van der Waals surface area contributed by atoms with Crippen molar-refractivity contribution in [1.82, 2.24) is 9.03 Å². The molecular formula is C14H23N3O3S. The number of benzene rings is 1. The SMILES string of the molecule is CC1CN(S(=O)(=O)NCC(N)c2ccccc2)C(C)CO1. The zero-order valence-electron chi connectivity index (χ0n) is 12.4. The number of rotatable bonds is 5. The maximum Gasteiger partial charge on any atom is 0.279 e. The van der Waals surface area contributed by atoms with Crippen LogP contribution in [0.2, 0.25) is 0 Å². The summed E-state index contributed by atoms with van der Waals surface area (Å²) < 4.78 is 34.3. The molecular weight excluding hydrogens is 290 g/mol. The minimum atomic E-state index is -3.55. The average Bonchev–Trinajstić information content (AvgIpc) is 2.48. The first-order valence-electron chi connectivity index (χ1n) is 7.08. The molecule has 1 aliphatic rings. The molecule has 1 saturated heterocycles. The van der Waals surface area contributed by atoms with Gasteiger partial charge in [-0.25, -0.2) is 4.72 Å². The zero-order valence-corrected chi connectivity index (χ0v) is 13.2. The van der Waals surface area contributed by atoms with E-state index < -0.39 is 10.2 Å². The lowest BCUT2D eigenvalue weighted by Gasteiger charge is -2.35. The summed E-state index contributed by atoms with van der Waals surface area (Å²) in [5, 5.41) is 0. The molecule has 0 aromatic heterocycles. The minimum Gasteiger partial charge on any atom is -0.375 e. The average molecular weight is 313 g/mol. The fourth-order valence-electron chi connectivity index (χ4n) is 2.30. The van der Waals surface area contributed by atoms with Crippen LogP contribution < -0.4 is 10.5 Å². The third-order valence-corrected chi connectivity index (χ3v) is 5.23. The van der Waals surface area contributed by atoms with Gasteiger partial charge in [-0.3, -0.25) is 0 Å². The van der Waals surface area contributed by atoms with Gasteiger partial charge in [-0.1, -0.05) is 30.3 Å². The van der Waals surface area contributed by atoms with Gasteiger partial charge in [-0.2, -0.15) is 12.7 Å². The fraction of sp³-hybridized carbons (Fsp3) is 0.571. The molecule has 1 aromatic rings. The Morgan fingerprint density at radius 3 is 2.71 bits per heavy atom. The summed E-state index contributed by atoms with van der Waals surface area (Å²) in [6.07, 6.45) is -0.0967. The van der Waals surface area contributed by atoms with Crippen LogP contribution in [0.15, 0.2) is 30.3 Å². The van der Waals surface area contributed by atoms with E-state index in [0.29, 0.717) is 13.2 Å². The van der Waals surface area contributed by atoms with Crippen LogP contribution in [0.25, 0.3) is 0 Å². The molecule has 0 bridgehead atoms. The first-order valence-corrected chi connectivity index (χ1v) is 8.52. The molecule has 1 heterocycles. The summed E-state index contributed by atoms with van der Waals surface area (Å²) in [6, 6.07) is 8.90. The minimum absolute atomic E-state index is 0.0967. The van der Waals surface area contributed by atoms with Crippen molar-refractivity contribution in [1.29, 1.82) is 0 Å². The smallest absolute Gasteiger partial charge is 0.279 e. The summed E-state index contributed by atoms with van der Waals surface area (Å²) in [7, 11) is -3.55. The molecule has 0 amide bonds. The van der Waals surface area contributed by atoms with Crippen molar-refractivity contribution in [2.75, 3.05) is 19.7 Å². The normalized spacial score (nSPS) is 25.7. The van der Waals surface area contributed by atoms with E-state index in [4.69, 9.17) is 10.5 Å². The summed E-state index contributed by atoms with van der Waals surface area (Å²) in [5.41, 5.74) is 6.93. The van der Waals surface area contributed by atoms with Gasteiger partial charge in [0.05, 0.1) is 12.7 Å². The van der Waals surface area contributed by atoms with Crippen LogP contribution >= 0.6 is 0 Å². The first-order chi connectivity index (χ1) is 9.90. The lowest BCUT2D eigenvalue weighted by atomic mass is 10.1. The topological polar surface area (TPSA) is 84.7 Å². The molecule has 3 N–H and O–H groups in total. The van der Waals surface area contributed by atoms with E-state index in [1.807, 2.05) is 44.2 Å². The lowest BCUT2D eigenvalue weighted by Crippen LogP contribution is -2.54. The van der Waals surface area contributed by atoms with Crippen LogP contribution in [0.3, 0.4) is 0 Å². The van der Waals surface area contributed by atoms with Crippen LogP contribution in [0.4, 0.5) is 0 Å². The first kappa shape index (κ1) is 16.4. The van der Waals surface area contributed by atoms with E-state index in [-0.39, 0.29) is 24.7 Å². The van der Waals surface area contributed by atoms with Crippen molar-refractivity contribution < 1.29 is 13.2 Å². The highest BCUT2D eigenvalue weighted by Gasteiger charge is 2.32. The van der Waals surface area contributed by atoms with Gasteiger partial charge < -0.3 is 10.5 Å². The Bertz CT molecular complexity index is 550. The predicted molar refractivity (Wildman–Crippen MR) is 81.9 cm³/mol. The van der Waals surface area contributed by atoms with Crippen LogP contribution in [-0.4, -0.2) is 44.6 Å². The van der Waals surface area contributed by atoms with Gasteiger partial charge in [0.1, 0.15) is 0 Å². The third kappa shape index (κ3) is 4.24. The molecule has 3 atom stereocenters. The second-order valence-corrected chi connectivity index (χ2v) is 7.14. The molecule has 3 unspecified atom stereocenters. The molecule has 0 radical (unpaired) electrons. The third-order valence-electron chi connectivity index (χ3n) is 3.57. The van der Waals surface area contributed by atoms with E-state index in [0.717, 1.165) is 5.56 Å². The molecule has 1 aromatic carbocycles. The molecule has 7 heteroatoms. The van der Waals surface area contributed by atoms with E-state index in [1.54, 1.807) is 0 Å². The summed E-state index contributed by atoms with van der Waals surface area (Å²) in [6.45, 7) is 4.64. The Morgan fingerprint density at radius 2 is 2.05 bits per heavy atom. The lowest BCUT2D eigenvalue weighted by molar-refractivity contribution is -0.0175. The second kappa shape index (κ2) is 6.85. The highest BCUT2D eigenvalue weighted by molar-refractivity contribution is 7.87. The Kier molecular flexibility index (Phi) is 5.34. The highest BCUT2D eigenvalue weighted by Crippen LogP contribution is 2.15. The molecule has 118 valence electrons. The van der Waals surface area contributed by atoms with Crippen molar-refractivity contribution in [3.63, 3.8) is 0 Å². The number of hydrogen-bond donors (Lipinski definition) is 2.